The minimum Gasteiger partial charge on any atom is -0.321 e. The Hall–Kier alpha value is -6.19. The first-order chi connectivity index (χ1) is 24.1. The van der Waals surface area contributed by atoms with Crippen molar-refractivity contribution in [3.8, 4) is 11.3 Å². The molecule has 15 heteroatoms. The number of para-hydroxylation sites is 1. The van der Waals surface area contributed by atoms with Gasteiger partial charge in [0.15, 0.2) is 5.13 Å². The lowest BCUT2D eigenvalue weighted by molar-refractivity contribution is -0.385. The quantitative estimate of drug-likeness (QED) is 0.0480. The number of benzene rings is 4. The number of nitro groups is 2. The molecule has 5 aromatic rings. The van der Waals surface area contributed by atoms with Crippen LogP contribution in [0.15, 0.2) is 119 Å². The summed E-state index contributed by atoms with van der Waals surface area (Å²) in [5.74, 6) is -1.60. The summed E-state index contributed by atoms with van der Waals surface area (Å²) in [4.78, 5) is 66.6. The molecular formula is C35H28N6O7S2. The number of nitrogens with zero attached hydrogens (tertiary/aromatic N) is 3. The highest BCUT2D eigenvalue weighted by Gasteiger charge is 2.22. The molecule has 0 aliphatic rings. The molecule has 0 saturated heterocycles. The van der Waals surface area contributed by atoms with Crippen LogP contribution in [-0.2, 0) is 9.59 Å². The number of anilines is 2. The molecule has 0 aliphatic carbocycles. The minimum atomic E-state index is -0.720. The van der Waals surface area contributed by atoms with Crippen LogP contribution in [0.25, 0.3) is 17.3 Å². The van der Waals surface area contributed by atoms with Gasteiger partial charge in [-0.25, -0.2) is 4.98 Å². The fourth-order valence-corrected chi connectivity index (χ4v) is 6.37. The van der Waals surface area contributed by atoms with E-state index in [9.17, 15) is 34.6 Å². The molecule has 252 valence electrons. The Morgan fingerprint density at radius 1 is 0.880 bits per heavy atom. The van der Waals surface area contributed by atoms with Gasteiger partial charge in [0.1, 0.15) is 5.70 Å². The summed E-state index contributed by atoms with van der Waals surface area (Å²) in [7, 11) is 0. The second-order valence-electron chi connectivity index (χ2n) is 10.5. The van der Waals surface area contributed by atoms with Crippen LogP contribution in [0.3, 0.4) is 0 Å². The summed E-state index contributed by atoms with van der Waals surface area (Å²) in [5, 5.41) is 32.4. The van der Waals surface area contributed by atoms with Gasteiger partial charge >= 0.3 is 0 Å². The van der Waals surface area contributed by atoms with Crippen LogP contribution in [0.1, 0.15) is 29.3 Å². The molecule has 4 aromatic carbocycles. The Balaban J connectivity index is 1.30. The van der Waals surface area contributed by atoms with Crippen molar-refractivity contribution in [1.29, 1.82) is 0 Å². The summed E-state index contributed by atoms with van der Waals surface area (Å²) >= 11 is 2.47. The van der Waals surface area contributed by atoms with Crippen molar-refractivity contribution < 1.29 is 24.2 Å². The van der Waals surface area contributed by atoms with E-state index in [0.717, 1.165) is 0 Å². The van der Waals surface area contributed by atoms with Gasteiger partial charge in [0, 0.05) is 45.3 Å². The van der Waals surface area contributed by atoms with E-state index < -0.39 is 26.9 Å². The lowest BCUT2D eigenvalue weighted by atomic mass is 10.1. The zero-order valence-electron chi connectivity index (χ0n) is 26.3. The Morgan fingerprint density at radius 2 is 1.62 bits per heavy atom. The van der Waals surface area contributed by atoms with Crippen molar-refractivity contribution in [2.45, 2.75) is 23.5 Å². The molecule has 3 amide bonds. The number of hydrogen-bond donors (Lipinski definition) is 3. The molecule has 3 N–H and O–H groups in total. The molecular weight excluding hydrogens is 681 g/mol. The molecule has 1 aromatic heterocycles. The van der Waals surface area contributed by atoms with E-state index in [-0.39, 0.29) is 34.1 Å². The highest BCUT2D eigenvalue weighted by atomic mass is 32.2. The van der Waals surface area contributed by atoms with Gasteiger partial charge in [-0.15, -0.1) is 23.1 Å². The van der Waals surface area contributed by atoms with E-state index in [1.54, 1.807) is 78.2 Å². The van der Waals surface area contributed by atoms with Crippen molar-refractivity contribution in [3.05, 3.63) is 146 Å². The molecule has 0 fully saturated rings. The average Bonchev–Trinajstić information content (AvgIpc) is 3.59. The number of carbonyl (C=O) groups excluding carboxylic acids is 3. The molecule has 0 bridgehead atoms. The average molecular weight is 709 g/mol. The highest BCUT2D eigenvalue weighted by Crippen LogP contribution is 2.31. The van der Waals surface area contributed by atoms with Crippen molar-refractivity contribution in [2.24, 2.45) is 0 Å². The number of amides is 3. The molecule has 0 spiro atoms. The first kappa shape index (κ1) is 35.1. The largest absolute Gasteiger partial charge is 0.321 e. The number of thioether (sulfide) groups is 1. The van der Waals surface area contributed by atoms with Gasteiger partial charge in [0.05, 0.1) is 26.4 Å². The van der Waals surface area contributed by atoms with E-state index in [0.29, 0.717) is 33.4 Å². The smallest absolute Gasteiger partial charge is 0.276 e. The van der Waals surface area contributed by atoms with Crippen molar-refractivity contribution in [2.75, 3.05) is 10.6 Å². The van der Waals surface area contributed by atoms with E-state index in [2.05, 4.69) is 20.9 Å². The fourth-order valence-electron chi connectivity index (χ4n) is 4.63. The fraction of sp³-hybridized carbons (Fsp3) is 0.0857. The van der Waals surface area contributed by atoms with Crippen LogP contribution in [-0.4, -0.2) is 37.8 Å². The lowest BCUT2D eigenvalue weighted by Gasteiger charge is -2.15. The molecule has 1 heterocycles. The topological polar surface area (TPSA) is 186 Å². The van der Waals surface area contributed by atoms with Gasteiger partial charge in [-0.05, 0) is 48.9 Å². The third-order valence-electron chi connectivity index (χ3n) is 7.08. The number of hydrogen-bond acceptors (Lipinski definition) is 10. The standard InChI is InChI=1S/C35H28N6O7S2/c1-2-31(34(44)39-35-38-29(21-49-35)23-13-8-15-26(18-23)40(45)46)50-27-16-9-14-25(20-27)36-33(43)28(37-32(42)22-10-4-3-5-11-22)19-24-12-6-7-17-30(24)41(47)48/h3-21,31H,2H2,1H3,(H,36,43)(H,37,42)(H,38,39,44)/b28-19+. The number of aromatic nitrogens is 1. The zero-order valence-corrected chi connectivity index (χ0v) is 27.9. The van der Waals surface area contributed by atoms with Crippen LogP contribution in [0.2, 0.25) is 0 Å². The van der Waals surface area contributed by atoms with Crippen LogP contribution in [0.5, 0.6) is 0 Å². The Kier molecular flexibility index (Phi) is 11.4. The first-order valence-corrected chi connectivity index (χ1v) is 16.8. The second-order valence-corrected chi connectivity index (χ2v) is 12.7. The number of rotatable bonds is 13. The summed E-state index contributed by atoms with van der Waals surface area (Å²) in [5.41, 5.74) is 1.29. The maximum absolute atomic E-state index is 13.5. The van der Waals surface area contributed by atoms with E-state index >= 15 is 0 Å². The highest BCUT2D eigenvalue weighted by molar-refractivity contribution is 8.00. The second kappa shape index (κ2) is 16.3. The zero-order chi connectivity index (χ0) is 35.6. The van der Waals surface area contributed by atoms with E-state index in [4.69, 9.17) is 0 Å². The van der Waals surface area contributed by atoms with Crippen LogP contribution < -0.4 is 16.0 Å². The number of carbonyl (C=O) groups is 3. The predicted molar refractivity (Wildman–Crippen MR) is 193 cm³/mol. The molecule has 0 radical (unpaired) electrons. The Labute approximate surface area is 293 Å². The van der Waals surface area contributed by atoms with Crippen LogP contribution in [0, 0.1) is 20.2 Å². The van der Waals surface area contributed by atoms with Crippen LogP contribution in [0.4, 0.5) is 22.2 Å². The SMILES string of the molecule is CCC(Sc1cccc(NC(=O)/C(=C\c2ccccc2[N+](=O)[O-])NC(=O)c2ccccc2)c1)C(=O)Nc1nc(-c2cccc([N+](=O)[O-])c2)cs1. The molecule has 1 atom stereocenters. The third-order valence-corrected chi connectivity index (χ3v) is 9.20. The monoisotopic (exact) mass is 708 g/mol. The summed E-state index contributed by atoms with van der Waals surface area (Å²) in [6, 6.07) is 26.9. The summed E-state index contributed by atoms with van der Waals surface area (Å²) in [6.45, 7) is 1.86. The van der Waals surface area contributed by atoms with E-state index in [1.165, 1.54) is 59.5 Å². The number of thiazole rings is 1. The van der Waals surface area contributed by atoms with Crippen molar-refractivity contribution >= 4 is 69.1 Å². The number of non-ortho nitro benzene ring substituents is 1. The molecule has 1 unspecified atom stereocenters. The number of nitro benzene ring substituents is 2. The van der Waals surface area contributed by atoms with Gasteiger partial charge < -0.3 is 16.0 Å². The molecule has 50 heavy (non-hydrogen) atoms. The summed E-state index contributed by atoms with van der Waals surface area (Å²) < 4.78 is 0. The van der Waals surface area contributed by atoms with Gasteiger partial charge in [0.2, 0.25) is 5.91 Å². The van der Waals surface area contributed by atoms with Crippen molar-refractivity contribution in [3.63, 3.8) is 0 Å². The third kappa shape index (κ3) is 9.03. The predicted octanol–water partition coefficient (Wildman–Crippen LogP) is 7.55. The molecule has 0 aliphatic heterocycles. The lowest BCUT2D eigenvalue weighted by Crippen LogP contribution is -2.30. The van der Waals surface area contributed by atoms with Gasteiger partial charge in [-0.2, -0.15) is 0 Å². The van der Waals surface area contributed by atoms with Crippen LogP contribution >= 0.6 is 23.1 Å². The van der Waals surface area contributed by atoms with E-state index in [1.807, 2.05) is 6.92 Å². The maximum Gasteiger partial charge on any atom is 0.276 e. The van der Waals surface area contributed by atoms with Gasteiger partial charge in [0.25, 0.3) is 23.2 Å². The first-order valence-electron chi connectivity index (χ1n) is 15.0. The molecule has 0 saturated carbocycles. The minimum absolute atomic E-state index is 0.0636. The summed E-state index contributed by atoms with van der Waals surface area (Å²) in [6.07, 6.45) is 1.71. The number of nitrogens with one attached hydrogen (secondary N) is 3. The Morgan fingerprint density at radius 3 is 2.36 bits per heavy atom. The van der Waals surface area contributed by atoms with Gasteiger partial charge in [-0.3, -0.25) is 34.6 Å². The van der Waals surface area contributed by atoms with Crippen molar-refractivity contribution in [1.82, 2.24) is 10.3 Å². The van der Waals surface area contributed by atoms with Gasteiger partial charge in [-0.1, -0.05) is 55.5 Å². The maximum atomic E-state index is 13.5. The Bertz CT molecular complexity index is 2100. The normalized spacial score (nSPS) is 11.7. The molecule has 5 rings (SSSR count). The molecule has 13 nitrogen and oxygen atoms in total.